The van der Waals surface area contributed by atoms with Crippen molar-refractivity contribution in [3.63, 3.8) is 0 Å². The Morgan fingerprint density at radius 1 is 0.905 bits per heavy atom. The van der Waals surface area contributed by atoms with E-state index in [0.29, 0.717) is 12.1 Å². The van der Waals surface area contributed by atoms with Crippen LogP contribution in [0.2, 0.25) is 0 Å². The zero-order valence-corrected chi connectivity index (χ0v) is 13.2. The van der Waals surface area contributed by atoms with E-state index in [1.165, 1.54) is 16.7 Å². The van der Waals surface area contributed by atoms with E-state index in [4.69, 9.17) is 4.74 Å². The van der Waals surface area contributed by atoms with Crippen molar-refractivity contribution < 1.29 is 4.74 Å². The Morgan fingerprint density at radius 2 is 1.52 bits per heavy atom. The molecule has 0 saturated heterocycles. The average Bonchev–Trinajstić information content (AvgIpc) is 2.54. The van der Waals surface area contributed by atoms with E-state index in [1.54, 1.807) is 7.11 Å². The normalized spacial score (nSPS) is 13.9. The molecule has 2 unspecified atom stereocenters. The largest absolute Gasteiger partial charge is 0.385 e. The first-order valence-corrected chi connectivity index (χ1v) is 7.61. The molecule has 0 aliphatic carbocycles. The minimum atomic E-state index is 0.349. The summed E-state index contributed by atoms with van der Waals surface area (Å²) in [6.07, 6.45) is 1.03. The molecule has 2 atom stereocenters. The molecule has 2 rings (SSSR count). The second kappa shape index (κ2) is 7.96. The molecular formula is C19H25NO. The number of ether oxygens (including phenoxy) is 1. The maximum Gasteiger partial charge on any atom is 0.0476 e. The van der Waals surface area contributed by atoms with E-state index in [1.807, 2.05) is 6.07 Å². The first-order chi connectivity index (χ1) is 10.2. The van der Waals surface area contributed by atoms with E-state index in [2.05, 4.69) is 67.7 Å². The van der Waals surface area contributed by atoms with Gasteiger partial charge in [0, 0.05) is 25.8 Å². The van der Waals surface area contributed by atoms with Gasteiger partial charge in [0.2, 0.25) is 0 Å². The summed E-state index contributed by atoms with van der Waals surface area (Å²) in [6, 6.07) is 20.1. The van der Waals surface area contributed by atoms with Gasteiger partial charge in [0.25, 0.3) is 0 Å². The van der Waals surface area contributed by atoms with Gasteiger partial charge in [-0.15, -0.1) is 0 Å². The lowest BCUT2D eigenvalue weighted by Gasteiger charge is -2.20. The van der Waals surface area contributed by atoms with E-state index >= 15 is 0 Å². The Morgan fingerprint density at radius 3 is 2.14 bits per heavy atom. The van der Waals surface area contributed by atoms with Crippen LogP contribution in [0.3, 0.4) is 0 Å². The molecule has 0 fully saturated rings. The minimum Gasteiger partial charge on any atom is -0.385 e. The van der Waals surface area contributed by atoms with Crippen LogP contribution in [0.15, 0.2) is 54.6 Å². The smallest absolute Gasteiger partial charge is 0.0476 e. The average molecular weight is 283 g/mol. The Kier molecular flexibility index (Phi) is 5.97. The van der Waals surface area contributed by atoms with Gasteiger partial charge < -0.3 is 10.1 Å². The highest BCUT2D eigenvalue weighted by atomic mass is 16.5. The van der Waals surface area contributed by atoms with Crippen LogP contribution in [0.4, 0.5) is 0 Å². The summed E-state index contributed by atoms with van der Waals surface area (Å²) < 4.78 is 5.12. The first kappa shape index (κ1) is 15.7. The van der Waals surface area contributed by atoms with Gasteiger partial charge in [-0.1, -0.05) is 54.6 Å². The monoisotopic (exact) mass is 283 g/mol. The molecule has 2 heteroatoms. The van der Waals surface area contributed by atoms with Gasteiger partial charge in [0.05, 0.1) is 0 Å². The van der Waals surface area contributed by atoms with Gasteiger partial charge in [0.15, 0.2) is 0 Å². The molecule has 2 aromatic carbocycles. The lowest BCUT2D eigenvalue weighted by atomic mass is 10.0. The number of nitrogens with one attached hydrogen (secondary N) is 1. The van der Waals surface area contributed by atoms with Crippen LogP contribution in [0.5, 0.6) is 0 Å². The summed E-state index contributed by atoms with van der Waals surface area (Å²) in [5.74, 6) is 0. The summed E-state index contributed by atoms with van der Waals surface area (Å²) in [5.41, 5.74) is 3.84. The maximum absolute atomic E-state index is 5.12. The van der Waals surface area contributed by atoms with Crippen LogP contribution in [-0.4, -0.2) is 19.8 Å². The van der Waals surface area contributed by atoms with Crippen LogP contribution in [0, 0.1) is 0 Å². The maximum atomic E-state index is 5.12. The van der Waals surface area contributed by atoms with Crippen LogP contribution >= 0.6 is 0 Å². The molecule has 0 spiro atoms. The molecule has 0 heterocycles. The van der Waals surface area contributed by atoms with Crippen LogP contribution in [0.25, 0.3) is 11.1 Å². The minimum absolute atomic E-state index is 0.349. The van der Waals surface area contributed by atoms with Crippen LogP contribution in [-0.2, 0) is 4.74 Å². The number of benzene rings is 2. The highest BCUT2D eigenvalue weighted by molar-refractivity contribution is 5.63. The van der Waals surface area contributed by atoms with E-state index < -0.39 is 0 Å². The third kappa shape index (κ3) is 4.69. The molecule has 0 radical (unpaired) electrons. The van der Waals surface area contributed by atoms with Gasteiger partial charge >= 0.3 is 0 Å². The van der Waals surface area contributed by atoms with E-state index in [0.717, 1.165) is 13.0 Å². The lowest BCUT2D eigenvalue weighted by Crippen LogP contribution is -2.29. The molecule has 2 nitrogen and oxygen atoms in total. The molecule has 0 bridgehead atoms. The number of rotatable bonds is 7. The topological polar surface area (TPSA) is 21.3 Å². The Hall–Kier alpha value is -1.64. The van der Waals surface area contributed by atoms with Crippen molar-refractivity contribution in [1.82, 2.24) is 5.32 Å². The predicted octanol–water partition coefficient (Wildman–Crippen LogP) is 4.43. The van der Waals surface area contributed by atoms with Gasteiger partial charge in [-0.05, 0) is 37.0 Å². The fourth-order valence-corrected chi connectivity index (χ4v) is 2.50. The van der Waals surface area contributed by atoms with E-state index in [9.17, 15) is 0 Å². The van der Waals surface area contributed by atoms with Crippen molar-refractivity contribution in [2.24, 2.45) is 0 Å². The molecule has 0 saturated carbocycles. The second-order valence-electron chi connectivity index (χ2n) is 5.56. The van der Waals surface area contributed by atoms with Crippen LogP contribution < -0.4 is 5.32 Å². The fraction of sp³-hybridized carbons (Fsp3) is 0.368. The second-order valence-corrected chi connectivity index (χ2v) is 5.56. The predicted molar refractivity (Wildman–Crippen MR) is 89.4 cm³/mol. The lowest BCUT2D eigenvalue weighted by molar-refractivity contribution is 0.183. The highest BCUT2D eigenvalue weighted by Crippen LogP contribution is 2.22. The Balaban J connectivity index is 1.98. The van der Waals surface area contributed by atoms with Crippen molar-refractivity contribution in [3.05, 3.63) is 60.2 Å². The first-order valence-electron chi connectivity index (χ1n) is 7.61. The van der Waals surface area contributed by atoms with Gasteiger partial charge in [-0.25, -0.2) is 0 Å². The van der Waals surface area contributed by atoms with Crippen molar-refractivity contribution >= 4 is 0 Å². The summed E-state index contributed by atoms with van der Waals surface area (Å²) >= 11 is 0. The van der Waals surface area contributed by atoms with Crippen molar-refractivity contribution in [2.45, 2.75) is 32.4 Å². The molecule has 0 aliphatic rings. The van der Waals surface area contributed by atoms with Crippen molar-refractivity contribution in [1.29, 1.82) is 0 Å². The number of hydrogen-bond acceptors (Lipinski definition) is 2. The summed E-state index contributed by atoms with van der Waals surface area (Å²) in [7, 11) is 1.75. The number of methoxy groups -OCH3 is 1. The van der Waals surface area contributed by atoms with Gasteiger partial charge in [-0.2, -0.15) is 0 Å². The standard InChI is InChI=1S/C19H25NO/c1-15(13-14-21-3)20-16(2)17-9-11-19(12-10-17)18-7-5-4-6-8-18/h4-12,15-16,20H,13-14H2,1-3H3. The molecule has 2 aromatic rings. The third-order valence-corrected chi connectivity index (χ3v) is 3.81. The quantitative estimate of drug-likeness (QED) is 0.811. The Bertz CT molecular complexity index is 521. The van der Waals surface area contributed by atoms with Crippen molar-refractivity contribution in [3.8, 4) is 11.1 Å². The van der Waals surface area contributed by atoms with Crippen LogP contribution in [0.1, 0.15) is 31.9 Å². The zero-order valence-electron chi connectivity index (χ0n) is 13.2. The molecule has 0 amide bonds. The Labute approximate surface area is 128 Å². The van der Waals surface area contributed by atoms with E-state index in [-0.39, 0.29) is 0 Å². The molecule has 1 N–H and O–H groups in total. The zero-order chi connectivity index (χ0) is 15.1. The third-order valence-electron chi connectivity index (χ3n) is 3.81. The number of hydrogen-bond donors (Lipinski definition) is 1. The summed E-state index contributed by atoms with van der Waals surface area (Å²) in [5, 5.41) is 3.61. The summed E-state index contributed by atoms with van der Waals surface area (Å²) in [4.78, 5) is 0. The van der Waals surface area contributed by atoms with Gasteiger partial charge in [0.1, 0.15) is 0 Å². The molecule has 21 heavy (non-hydrogen) atoms. The van der Waals surface area contributed by atoms with Crippen molar-refractivity contribution in [2.75, 3.05) is 13.7 Å². The molecule has 0 aromatic heterocycles. The highest BCUT2D eigenvalue weighted by Gasteiger charge is 2.09. The molecule has 112 valence electrons. The SMILES string of the molecule is COCCC(C)NC(C)c1ccc(-c2ccccc2)cc1. The summed E-state index contributed by atoms with van der Waals surface area (Å²) in [6.45, 7) is 5.21. The molecular weight excluding hydrogens is 258 g/mol. The fourth-order valence-electron chi connectivity index (χ4n) is 2.50. The molecule has 0 aliphatic heterocycles. The van der Waals surface area contributed by atoms with Gasteiger partial charge in [-0.3, -0.25) is 0 Å².